The summed E-state index contributed by atoms with van der Waals surface area (Å²) in [6, 6.07) is 8.11. The van der Waals surface area contributed by atoms with E-state index in [0.29, 0.717) is 0 Å². The van der Waals surface area contributed by atoms with Gasteiger partial charge in [0.1, 0.15) is 11.5 Å². The van der Waals surface area contributed by atoms with Crippen LogP contribution in [-0.4, -0.2) is 39.6 Å². The topological polar surface area (TPSA) is 69.7 Å². The number of hydrogen-bond acceptors (Lipinski definition) is 5. The first-order valence-electron chi connectivity index (χ1n) is 8.56. The summed E-state index contributed by atoms with van der Waals surface area (Å²) in [4.78, 5) is 19.5. The van der Waals surface area contributed by atoms with Gasteiger partial charge in [0, 0.05) is 43.6 Å². The summed E-state index contributed by atoms with van der Waals surface area (Å²) in [5, 5.41) is 4.53. The van der Waals surface area contributed by atoms with Crippen molar-refractivity contribution in [2.75, 3.05) is 29.9 Å². The Morgan fingerprint density at radius 1 is 1.21 bits per heavy atom. The van der Waals surface area contributed by atoms with Gasteiger partial charge in [-0.2, -0.15) is 9.97 Å². The van der Waals surface area contributed by atoms with Crippen LogP contribution < -0.4 is 10.2 Å². The largest absolute Gasteiger partial charge is 0.369 e. The zero-order valence-corrected chi connectivity index (χ0v) is 13.9. The summed E-state index contributed by atoms with van der Waals surface area (Å²) in [6.07, 6.45) is 5.13. The van der Waals surface area contributed by atoms with Gasteiger partial charge in [0.05, 0.1) is 5.39 Å². The Balaban J connectivity index is 1.57. The second-order valence-corrected chi connectivity index (χ2v) is 6.28. The van der Waals surface area contributed by atoms with Crippen LogP contribution in [0.3, 0.4) is 0 Å². The zero-order valence-electron chi connectivity index (χ0n) is 13.9. The summed E-state index contributed by atoms with van der Waals surface area (Å²) in [5.41, 5.74) is 3.09. The lowest BCUT2D eigenvalue weighted by molar-refractivity contribution is 0.899. The van der Waals surface area contributed by atoms with Gasteiger partial charge in [-0.15, -0.1) is 0 Å². The molecule has 0 aliphatic carbocycles. The third-order valence-corrected chi connectivity index (χ3v) is 4.40. The Kier molecular flexibility index (Phi) is 4.02. The van der Waals surface area contributed by atoms with Crippen LogP contribution in [0, 0.1) is 6.92 Å². The monoisotopic (exact) mass is 322 g/mol. The van der Waals surface area contributed by atoms with Crippen molar-refractivity contribution in [2.45, 2.75) is 26.2 Å². The number of aromatic amines is 1. The van der Waals surface area contributed by atoms with Crippen LogP contribution in [0.15, 0.2) is 30.5 Å². The summed E-state index contributed by atoms with van der Waals surface area (Å²) in [6.45, 7) is 4.93. The first-order valence-corrected chi connectivity index (χ1v) is 8.56. The molecule has 6 heteroatoms. The Morgan fingerprint density at radius 3 is 2.88 bits per heavy atom. The van der Waals surface area contributed by atoms with E-state index in [2.05, 4.69) is 33.2 Å². The molecule has 3 aromatic heterocycles. The molecule has 24 heavy (non-hydrogen) atoms. The molecule has 0 saturated carbocycles. The Morgan fingerprint density at radius 2 is 2.08 bits per heavy atom. The minimum atomic E-state index is 0.798. The highest BCUT2D eigenvalue weighted by Crippen LogP contribution is 2.25. The number of hydrogen-bond donors (Lipinski definition) is 2. The quantitative estimate of drug-likeness (QED) is 0.756. The Labute approximate surface area is 141 Å². The van der Waals surface area contributed by atoms with Crippen molar-refractivity contribution in [1.29, 1.82) is 0 Å². The van der Waals surface area contributed by atoms with Crippen LogP contribution in [0.1, 0.15) is 24.2 Å². The molecular formula is C18H22N6. The number of anilines is 2. The predicted molar refractivity (Wildman–Crippen MR) is 96.5 cm³/mol. The molecule has 0 spiro atoms. The molecule has 0 unspecified atom stereocenters. The van der Waals surface area contributed by atoms with Gasteiger partial charge in [0.2, 0.25) is 5.95 Å². The van der Waals surface area contributed by atoms with Crippen LogP contribution in [0.2, 0.25) is 0 Å². The highest BCUT2D eigenvalue weighted by atomic mass is 15.3. The van der Waals surface area contributed by atoms with Crippen LogP contribution in [0.5, 0.6) is 0 Å². The molecule has 0 atom stereocenters. The van der Waals surface area contributed by atoms with E-state index in [-0.39, 0.29) is 0 Å². The van der Waals surface area contributed by atoms with E-state index >= 15 is 0 Å². The molecule has 124 valence electrons. The maximum atomic E-state index is 4.79. The molecule has 1 fully saturated rings. The van der Waals surface area contributed by atoms with E-state index in [4.69, 9.17) is 9.97 Å². The molecule has 0 amide bonds. The van der Waals surface area contributed by atoms with Crippen LogP contribution in [0.25, 0.3) is 11.0 Å². The van der Waals surface area contributed by atoms with E-state index in [0.717, 1.165) is 60.2 Å². The van der Waals surface area contributed by atoms with Crippen molar-refractivity contribution in [1.82, 2.24) is 19.9 Å². The first-order chi connectivity index (χ1) is 11.8. The molecule has 1 aliphatic heterocycles. The van der Waals surface area contributed by atoms with Gasteiger partial charge in [-0.3, -0.25) is 4.98 Å². The lowest BCUT2D eigenvalue weighted by Crippen LogP contribution is -2.21. The van der Waals surface area contributed by atoms with Crippen molar-refractivity contribution in [3.05, 3.63) is 41.9 Å². The lowest BCUT2D eigenvalue weighted by atomic mass is 10.2. The minimum Gasteiger partial charge on any atom is -0.369 e. The predicted octanol–water partition coefficient (Wildman–Crippen LogP) is 2.92. The Hall–Kier alpha value is -2.63. The lowest BCUT2D eigenvalue weighted by Gasteiger charge is -2.16. The molecule has 1 saturated heterocycles. The van der Waals surface area contributed by atoms with Gasteiger partial charge < -0.3 is 15.2 Å². The van der Waals surface area contributed by atoms with Crippen LogP contribution in [0.4, 0.5) is 11.8 Å². The molecule has 2 N–H and O–H groups in total. The summed E-state index contributed by atoms with van der Waals surface area (Å²) in [7, 11) is 0. The smallest absolute Gasteiger partial charge is 0.229 e. The first kappa shape index (κ1) is 14.9. The molecule has 4 heterocycles. The maximum Gasteiger partial charge on any atom is 0.229 e. The fraction of sp³-hybridized carbons (Fsp3) is 0.389. The third-order valence-electron chi connectivity index (χ3n) is 4.40. The average molecular weight is 322 g/mol. The number of nitrogens with zero attached hydrogens (tertiary/aromatic N) is 4. The number of H-pyrrole nitrogens is 1. The van der Waals surface area contributed by atoms with Crippen molar-refractivity contribution < 1.29 is 0 Å². The highest BCUT2D eigenvalue weighted by Gasteiger charge is 2.18. The average Bonchev–Trinajstić information content (AvgIpc) is 3.24. The number of nitrogens with one attached hydrogen (secondary N) is 2. The summed E-state index contributed by atoms with van der Waals surface area (Å²) in [5.74, 6) is 1.73. The SMILES string of the molecule is Cc1cc2c(NCCc3ccccn3)nc(N3CCCC3)nc2[nH]1. The van der Waals surface area contributed by atoms with Gasteiger partial charge in [-0.1, -0.05) is 6.07 Å². The molecule has 0 bridgehead atoms. The van der Waals surface area contributed by atoms with Gasteiger partial charge in [-0.25, -0.2) is 0 Å². The highest BCUT2D eigenvalue weighted by molar-refractivity contribution is 5.89. The molecule has 3 aromatic rings. The Bertz CT molecular complexity index is 820. The molecule has 4 rings (SSSR count). The number of rotatable bonds is 5. The van der Waals surface area contributed by atoms with Gasteiger partial charge in [-0.05, 0) is 38.0 Å². The third kappa shape index (κ3) is 3.04. The standard InChI is InChI=1S/C18H22N6/c1-13-12-15-16(20-9-7-14-6-2-3-8-19-14)22-18(23-17(15)21-13)24-10-4-5-11-24/h2-3,6,8,12H,4-5,7,9-11H2,1H3,(H2,20,21,22,23). The van der Waals surface area contributed by atoms with Crippen molar-refractivity contribution >= 4 is 22.8 Å². The van der Waals surface area contributed by atoms with Gasteiger partial charge >= 0.3 is 0 Å². The molecule has 6 nitrogen and oxygen atoms in total. The summed E-state index contributed by atoms with van der Waals surface area (Å²) >= 11 is 0. The van der Waals surface area contributed by atoms with Crippen LogP contribution >= 0.6 is 0 Å². The van der Waals surface area contributed by atoms with Gasteiger partial charge in [0.25, 0.3) is 0 Å². The minimum absolute atomic E-state index is 0.798. The number of pyridine rings is 1. The summed E-state index contributed by atoms with van der Waals surface area (Å²) < 4.78 is 0. The molecule has 0 aromatic carbocycles. The second-order valence-electron chi connectivity index (χ2n) is 6.28. The van der Waals surface area contributed by atoms with E-state index in [1.165, 1.54) is 12.8 Å². The van der Waals surface area contributed by atoms with Crippen molar-refractivity contribution in [3.8, 4) is 0 Å². The van der Waals surface area contributed by atoms with E-state index in [1.807, 2.05) is 24.4 Å². The number of aromatic nitrogens is 4. The number of aryl methyl sites for hydroxylation is 1. The molecular weight excluding hydrogens is 300 g/mol. The normalized spacial score (nSPS) is 14.5. The van der Waals surface area contributed by atoms with Crippen molar-refractivity contribution in [3.63, 3.8) is 0 Å². The van der Waals surface area contributed by atoms with E-state index in [1.54, 1.807) is 0 Å². The fourth-order valence-corrected chi connectivity index (χ4v) is 3.18. The van der Waals surface area contributed by atoms with Crippen molar-refractivity contribution in [2.24, 2.45) is 0 Å². The zero-order chi connectivity index (χ0) is 16.4. The molecule has 1 aliphatic rings. The molecule has 0 radical (unpaired) electrons. The maximum absolute atomic E-state index is 4.79. The number of fused-ring (bicyclic) bond motifs is 1. The fourth-order valence-electron chi connectivity index (χ4n) is 3.18. The van der Waals surface area contributed by atoms with Gasteiger partial charge in [0.15, 0.2) is 0 Å². The van der Waals surface area contributed by atoms with E-state index < -0.39 is 0 Å². The van der Waals surface area contributed by atoms with E-state index in [9.17, 15) is 0 Å². The van der Waals surface area contributed by atoms with Crippen LogP contribution in [-0.2, 0) is 6.42 Å². The second kappa shape index (κ2) is 6.47.